The van der Waals surface area contributed by atoms with Gasteiger partial charge in [0.05, 0.1) is 6.04 Å². The molecule has 0 bridgehead atoms. The van der Waals surface area contributed by atoms with Gasteiger partial charge < -0.3 is 9.67 Å². The Morgan fingerprint density at radius 1 is 1.69 bits per heavy atom. The molecular formula is C11H19N3OS. The first-order valence-electron chi connectivity index (χ1n) is 5.71. The standard InChI is InChI=1S/C11H19N3OS/c1-3-14-5-4-12-11(14)10(15)9-8-16-7-6-13(9)2/h4-5,9-10,15H,3,6-8H2,1-2H3. The predicted molar refractivity (Wildman–Crippen MR) is 66.6 cm³/mol. The summed E-state index contributed by atoms with van der Waals surface area (Å²) >= 11 is 1.91. The van der Waals surface area contributed by atoms with Crippen molar-refractivity contribution in [3.8, 4) is 0 Å². The summed E-state index contributed by atoms with van der Waals surface area (Å²) in [5, 5.41) is 10.4. The molecule has 1 aliphatic rings. The second-order valence-electron chi connectivity index (χ2n) is 4.14. The van der Waals surface area contributed by atoms with E-state index in [0.717, 1.165) is 30.4 Å². The molecule has 1 saturated heterocycles. The summed E-state index contributed by atoms with van der Waals surface area (Å²) in [5.41, 5.74) is 0. The topological polar surface area (TPSA) is 41.3 Å². The number of rotatable bonds is 3. The zero-order chi connectivity index (χ0) is 11.5. The smallest absolute Gasteiger partial charge is 0.139 e. The Labute approximate surface area is 101 Å². The van der Waals surface area contributed by atoms with Gasteiger partial charge >= 0.3 is 0 Å². The summed E-state index contributed by atoms with van der Waals surface area (Å²) in [4.78, 5) is 6.51. The van der Waals surface area contributed by atoms with Crippen LogP contribution in [0.25, 0.3) is 0 Å². The zero-order valence-corrected chi connectivity index (χ0v) is 10.7. The molecule has 4 nitrogen and oxygen atoms in total. The van der Waals surface area contributed by atoms with Crippen molar-refractivity contribution in [1.29, 1.82) is 0 Å². The van der Waals surface area contributed by atoms with E-state index in [-0.39, 0.29) is 6.04 Å². The minimum Gasteiger partial charge on any atom is -0.383 e. The number of likely N-dealkylation sites (N-methyl/N-ethyl adjacent to an activating group) is 1. The average molecular weight is 241 g/mol. The highest BCUT2D eigenvalue weighted by molar-refractivity contribution is 7.99. The van der Waals surface area contributed by atoms with Gasteiger partial charge in [0.1, 0.15) is 11.9 Å². The lowest BCUT2D eigenvalue weighted by Gasteiger charge is -2.35. The van der Waals surface area contributed by atoms with Crippen LogP contribution in [0.1, 0.15) is 18.9 Å². The molecule has 2 heterocycles. The quantitative estimate of drug-likeness (QED) is 0.856. The monoisotopic (exact) mass is 241 g/mol. The Morgan fingerprint density at radius 2 is 2.50 bits per heavy atom. The van der Waals surface area contributed by atoms with Crippen molar-refractivity contribution < 1.29 is 5.11 Å². The first-order valence-corrected chi connectivity index (χ1v) is 6.86. The lowest BCUT2D eigenvalue weighted by atomic mass is 10.1. The molecule has 0 aromatic carbocycles. The third kappa shape index (κ3) is 2.26. The third-order valence-electron chi connectivity index (χ3n) is 3.16. The summed E-state index contributed by atoms with van der Waals surface area (Å²) in [7, 11) is 2.08. The van der Waals surface area contributed by atoms with Crippen LogP contribution < -0.4 is 0 Å². The fraction of sp³-hybridized carbons (Fsp3) is 0.727. The lowest BCUT2D eigenvalue weighted by molar-refractivity contribution is 0.0665. The summed E-state index contributed by atoms with van der Waals surface area (Å²) in [6.07, 6.45) is 3.21. The highest BCUT2D eigenvalue weighted by Gasteiger charge is 2.29. The highest BCUT2D eigenvalue weighted by atomic mass is 32.2. The van der Waals surface area contributed by atoms with Crippen molar-refractivity contribution in [2.75, 3.05) is 25.1 Å². The largest absolute Gasteiger partial charge is 0.383 e. The molecule has 0 radical (unpaired) electrons. The van der Waals surface area contributed by atoms with Crippen LogP contribution >= 0.6 is 11.8 Å². The first kappa shape index (κ1) is 12.0. The molecule has 1 N–H and O–H groups in total. The Bertz CT molecular complexity index is 342. The molecule has 1 fully saturated rings. The van der Waals surface area contributed by atoms with Crippen molar-refractivity contribution in [2.45, 2.75) is 25.6 Å². The highest BCUT2D eigenvalue weighted by Crippen LogP contribution is 2.25. The molecule has 16 heavy (non-hydrogen) atoms. The van der Waals surface area contributed by atoms with Crippen LogP contribution in [-0.2, 0) is 6.54 Å². The van der Waals surface area contributed by atoms with Crippen molar-refractivity contribution in [3.05, 3.63) is 18.2 Å². The van der Waals surface area contributed by atoms with Crippen LogP contribution in [0.15, 0.2) is 12.4 Å². The number of aliphatic hydroxyl groups excluding tert-OH is 1. The molecule has 5 heteroatoms. The van der Waals surface area contributed by atoms with Crippen molar-refractivity contribution in [2.24, 2.45) is 0 Å². The van der Waals surface area contributed by atoms with Crippen molar-refractivity contribution >= 4 is 11.8 Å². The van der Waals surface area contributed by atoms with E-state index >= 15 is 0 Å². The summed E-state index contributed by atoms with van der Waals surface area (Å²) in [6.45, 7) is 3.96. The van der Waals surface area contributed by atoms with E-state index < -0.39 is 6.10 Å². The van der Waals surface area contributed by atoms with Crippen molar-refractivity contribution in [1.82, 2.24) is 14.5 Å². The van der Waals surface area contributed by atoms with Gasteiger partial charge in [-0.3, -0.25) is 4.90 Å². The second kappa shape index (κ2) is 5.21. The fourth-order valence-corrected chi connectivity index (χ4v) is 3.33. The molecule has 1 aromatic heterocycles. The Morgan fingerprint density at radius 3 is 3.19 bits per heavy atom. The SMILES string of the molecule is CCn1ccnc1C(O)C1CSCCN1C. The molecule has 2 rings (SSSR count). The minimum absolute atomic E-state index is 0.187. The first-order chi connectivity index (χ1) is 7.74. The van der Waals surface area contributed by atoms with Crippen LogP contribution in [0.3, 0.4) is 0 Å². The average Bonchev–Trinajstić information content (AvgIpc) is 2.77. The van der Waals surface area contributed by atoms with E-state index in [4.69, 9.17) is 0 Å². The summed E-state index contributed by atoms with van der Waals surface area (Å²) in [5.74, 6) is 2.93. The van der Waals surface area contributed by atoms with Gasteiger partial charge in [0, 0.05) is 37.0 Å². The second-order valence-corrected chi connectivity index (χ2v) is 5.29. The van der Waals surface area contributed by atoms with Crippen molar-refractivity contribution in [3.63, 3.8) is 0 Å². The maximum Gasteiger partial charge on any atom is 0.139 e. The molecular weight excluding hydrogens is 222 g/mol. The van der Waals surface area contributed by atoms with E-state index in [9.17, 15) is 5.11 Å². The number of aliphatic hydroxyl groups is 1. The van der Waals surface area contributed by atoms with E-state index in [1.54, 1.807) is 6.20 Å². The lowest BCUT2D eigenvalue weighted by Crippen LogP contribution is -2.44. The normalized spacial score (nSPS) is 24.6. The Kier molecular flexibility index (Phi) is 3.89. The molecule has 2 unspecified atom stereocenters. The van der Waals surface area contributed by atoms with Crippen LogP contribution in [-0.4, -0.2) is 50.7 Å². The predicted octanol–water partition coefficient (Wildman–Crippen LogP) is 0.984. The van der Waals surface area contributed by atoms with Gasteiger partial charge in [-0.05, 0) is 14.0 Å². The van der Waals surface area contributed by atoms with E-state index in [1.165, 1.54) is 0 Å². The number of hydrogen-bond donors (Lipinski definition) is 1. The number of aromatic nitrogens is 2. The zero-order valence-electron chi connectivity index (χ0n) is 9.83. The van der Waals surface area contributed by atoms with Gasteiger partial charge in [0.25, 0.3) is 0 Å². The molecule has 90 valence electrons. The van der Waals surface area contributed by atoms with Gasteiger partial charge in [-0.25, -0.2) is 4.98 Å². The molecule has 0 spiro atoms. The number of hydrogen-bond acceptors (Lipinski definition) is 4. The molecule has 0 saturated carbocycles. The fourth-order valence-electron chi connectivity index (χ4n) is 2.06. The van der Waals surface area contributed by atoms with Gasteiger partial charge in [0.2, 0.25) is 0 Å². The van der Waals surface area contributed by atoms with E-state index in [2.05, 4.69) is 23.9 Å². The van der Waals surface area contributed by atoms with Gasteiger partial charge in [0.15, 0.2) is 0 Å². The van der Waals surface area contributed by atoms with Crippen LogP contribution in [0.4, 0.5) is 0 Å². The number of nitrogens with zero attached hydrogens (tertiary/aromatic N) is 3. The van der Waals surface area contributed by atoms with Crippen LogP contribution in [0.5, 0.6) is 0 Å². The molecule has 2 atom stereocenters. The Hall–Kier alpha value is -0.520. The maximum atomic E-state index is 10.4. The minimum atomic E-state index is -0.479. The van der Waals surface area contributed by atoms with Crippen LogP contribution in [0.2, 0.25) is 0 Å². The molecule has 1 aromatic rings. The van der Waals surface area contributed by atoms with E-state index in [0.29, 0.717) is 0 Å². The summed E-state index contributed by atoms with van der Waals surface area (Å²) in [6, 6.07) is 0.187. The Balaban J connectivity index is 2.14. The van der Waals surface area contributed by atoms with Gasteiger partial charge in [-0.2, -0.15) is 11.8 Å². The van der Waals surface area contributed by atoms with Gasteiger partial charge in [-0.1, -0.05) is 0 Å². The van der Waals surface area contributed by atoms with E-state index in [1.807, 2.05) is 22.5 Å². The molecule has 0 aliphatic carbocycles. The van der Waals surface area contributed by atoms with Gasteiger partial charge in [-0.15, -0.1) is 0 Å². The number of imidazole rings is 1. The molecule has 1 aliphatic heterocycles. The molecule has 0 amide bonds. The van der Waals surface area contributed by atoms with Crippen LogP contribution in [0, 0.1) is 0 Å². The number of aryl methyl sites for hydroxylation is 1. The maximum absolute atomic E-state index is 10.4. The third-order valence-corrected chi connectivity index (χ3v) is 4.21. The number of thioether (sulfide) groups is 1. The summed E-state index contributed by atoms with van der Waals surface area (Å²) < 4.78 is 2.01.